The third-order valence-corrected chi connectivity index (χ3v) is 3.04. The lowest BCUT2D eigenvalue weighted by atomic mass is 10.1. The van der Waals surface area contributed by atoms with E-state index in [1.807, 2.05) is 0 Å². The van der Waals surface area contributed by atoms with Gasteiger partial charge in [-0.25, -0.2) is 0 Å². The van der Waals surface area contributed by atoms with Gasteiger partial charge < -0.3 is 15.7 Å². The Morgan fingerprint density at radius 2 is 2.12 bits per heavy atom. The van der Waals surface area contributed by atoms with Gasteiger partial charge in [-0.2, -0.15) is 0 Å². The van der Waals surface area contributed by atoms with Crippen LogP contribution in [0.15, 0.2) is 24.3 Å². The second-order valence-corrected chi connectivity index (χ2v) is 4.36. The molecular weight excluding hydrogens is 216 g/mol. The van der Waals surface area contributed by atoms with Crippen molar-refractivity contribution in [3.05, 3.63) is 24.3 Å². The number of benzene rings is 1. The van der Waals surface area contributed by atoms with E-state index < -0.39 is 0 Å². The third-order valence-electron chi connectivity index (χ3n) is 3.04. The minimum atomic E-state index is -0.142. The molecule has 92 valence electrons. The Morgan fingerprint density at radius 3 is 2.94 bits per heavy atom. The molecule has 1 aliphatic heterocycles. The minimum absolute atomic E-state index is 0.0617. The number of carbonyl (C=O) groups is 1. The summed E-state index contributed by atoms with van der Waals surface area (Å²) in [5.41, 5.74) is 0.476. The first-order valence-electron chi connectivity index (χ1n) is 6.09. The summed E-state index contributed by atoms with van der Waals surface area (Å²) in [4.78, 5) is 12.0. The molecule has 1 unspecified atom stereocenters. The second-order valence-electron chi connectivity index (χ2n) is 4.36. The van der Waals surface area contributed by atoms with Gasteiger partial charge in [0.2, 0.25) is 5.91 Å². The number of carbonyl (C=O) groups excluding carboxylic acids is 1. The fourth-order valence-corrected chi connectivity index (χ4v) is 2.05. The normalized spacial score (nSPS) is 20.6. The van der Waals surface area contributed by atoms with Crippen molar-refractivity contribution < 1.29 is 9.90 Å². The minimum Gasteiger partial charge on any atom is -0.506 e. The van der Waals surface area contributed by atoms with Crippen molar-refractivity contribution in [2.75, 3.05) is 11.9 Å². The van der Waals surface area contributed by atoms with Crippen molar-refractivity contribution in [1.29, 1.82) is 0 Å². The van der Waals surface area contributed by atoms with E-state index in [2.05, 4.69) is 10.6 Å². The Bertz CT molecular complexity index is 385. The van der Waals surface area contributed by atoms with Gasteiger partial charge in [0.15, 0.2) is 0 Å². The van der Waals surface area contributed by atoms with Gasteiger partial charge >= 0.3 is 0 Å². The first kappa shape index (κ1) is 11.9. The zero-order valence-corrected chi connectivity index (χ0v) is 9.78. The Balaban J connectivity index is 1.98. The van der Waals surface area contributed by atoms with Crippen molar-refractivity contribution in [3.63, 3.8) is 0 Å². The fraction of sp³-hybridized carbons (Fsp3) is 0.462. The first-order chi connectivity index (χ1) is 8.27. The summed E-state index contributed by atoms with van der Waals surface area (Å²) in [6, 6.07) is 6.64. The smallest absolute Gasteiger partial charge is 0.241 e. The molecule has 17 heavy (non-hydrogen) atoms. The molecule has 0 aliphatic carbocycles. The molecule has 1 fully saturated rings. The van der Waals surface area contributed by atoms with Gasteiger partial charge in [0.05, 0.1) is 11.7 Å². The maximum absolute atomic E-state index is 12.0. The number of amides is 1. The van der Waals surface area contributed by atoms with E-state index in [0.717, 1.165) is 25.8 Å². The van der Waals surface area contributed by atoms with Crippen LogP contribution >= 0.6 is 0 Å². The summed E-state index contributed by atoms with van der Waals surface area (Å²) < 4.78 is 0. The van der Waals surface area contributed by atoms with Gasteiger partial charge in [-0.3, -0.25) is 4.79 Å². The Labute approximate surface area is 101 Å². The highest BCUT2D eigenvalue weighted by molar-refractivity contribution is 5.96. The lowest BCUT2D eigenvalue weighted by Gasteiger charge is -2.16. The summed E-state index contributed by atoms with van der Waals surface area (Å²) in [6.45, 7) is 0.888. The average molecular weight is 234 g/mol. The number of rotatable bonds is 2. The molecule has 0 bridgehead atoms. The zero-order valence-electron chi connectivity index (χ0n) is 9.78. The maximum atomic E-state index is 12.0. The molecule has 4 heteroatoms. The summed E-state index contributed by atoms with van der Waals surface area (Å²) in [5.74, 6) is 0.0443. The highest BCUT2D eigenvalue weighted by Gasteiger charge is 2.19. The van der Waals surface area contributed by atoms with Crippen LogP contribution in [-0.4, -0.2) is 23.6 Å². The third kappa shape index (κ3) is 3.20. The number of phenolic OH excluding ortho intramolecular Hbond substituents is 1. The molecule has 1 aromatic rings. The van der Waals surface area contributed by atoms with Gasteiger partial charge in [0.25, 0.3) is 0 Å². The van der Waals surface area contributed by atoms with E-state index in [0.29, 0.717) is 5.69 Å². The van der Waals surface area contributed by atoms with Gasteiger partial charge in [0.1, 0.15) is 5.75 Å². The molecule has 1 aliphatic rings. The van der Waals surface area contributed by atoms with Crippen molar-refractivity contribution in [3.8, 4) is 5.75 Å². The van der Waals surface area contributed by atoms with Gasteiger partial charge in [-0.1, -0.05) is 25.0 Å². The Hall–Kier alpha value is -1.55. The van der Waals surface area contributed by atoms with Crippen molar-refractivity contribution in [2.45, 2.75) is 31.7 Å². The zero-order chi connectivity index (χ0) is 12.1. The summed E-state index contributed by atoms with van der Waals surface area (Å²) in [6.07, 6.45) is 4.24. The van der Waals surface area contributed by atoms with Crippen LogP contribution in [-0.2, 0) is 4.79 Å². The standard InChI is InChI=1S/C13H18N2O2/c16-12-8-4-3-6-10(12)15-13(17)11-7-2-1-5-9-14-11/h3-4,6,8,11,14,16H,1-2,5,7,9H2,(H,15,17). The summed E-state index contributed by atoms with van der Waals surface area (Å²) in [7, 11) is 0. The molecule has 0 aromatic heterocycles. The largest absolute Gasteiger partial charge is 0.506 e. The molecule has 1 aromatic carbocycles. The van der Waals surface area contributed by atoms with Crippen LogP contribution in [0, 0.1) is 0 Å². The maximum Gasteiger partial charge on any atom is 0.241 e. The number of aromatic hydroxyl groups is 1. The molecule has 0 saturated carbocycles. The van der Waals surface area contributed by atoms with Gasteiger partial charge in [0, 0.05) is 0 Å². The van der Waals surface area contributed by atoms with Crippen molar-refractivity contribution in [2.24, 2.45) is 0 Å². The summed E-state index contributed by atoms with van der Waals surface area (Å²) in [5, 5.41) is 15.6. The van der Waals surface area contributed by atoms with Crippen LogP contribution in [0.3, 0.4) is 0 Å². The summed E-state index contributed by atoms with van der Waals surface area (Å²) >= 11 is 0. The average Bonchev–Trinajstić information content (AvgIpc) is 2.61. The van der Waals surface area contributed by atoms with Crippen LogP contribution in [0.5, 0.6) is 5.75 Å². The molecule has 3 N–H and O–H groups in total. The number of anilines is 1. The fourth-order valence-electron chi connectivity index (χ4n) is 2.05. The van der Waals surface area contributed by atoms with Crippen LogP contribution in [0.2, 0.25) is 0 Å². The SMILES string of the molecule is O=C(Nc1ccccc1O)C1CCCCCN1. The monoisotopic (exact) mass is 234 g/mol. The van der Waals surface area contributed by atoms with Crippen LogP contribution in [0.25, 0.3) is 0 Å². The molecule has 1 amide bonds. The van der Waals surface area contributed by atoms with Crippen LogP contribution in [0.1, 0.15) is 25.7 Å². The Kier molecular flexibility index (Phi) is 3.98. The number of nitrogens with one attached hydrogen (secondary N) is 2. The van der Waals surface area contributed by atoms with Crippen molar-refractivity contribution in [1.82, 2.24) is 5.32 Å². The predicted octanol–water partition coefficient (Wildman–Crippen LogP) is 1.86. The van der Waals surface area contributed by atoms with Gasteiger partial charge in [-0.05, 0) is 31.5 Å². The highest BCUT2D eigenvalue weighted by Crippen LogP contribution is 2.22. The number of hydrogen-bond donors (Lipinski definition) is 3. The molecule has 0 spiro atoms. The molecule has 1 heterocycles. The van der Waals surface area contributed by atoms with Gasteiger partial charge in [-0.15, -0.1) is 0 Å². The quantitative estimate of drug-likeness (QED) is 0.684. The number of phenols is 1. The highest BCUT2D eigenvalue weighted by atomic mass is 16.3. The number of para-hydroxylation sites is 2. The van der Waals surface area contributed by atoms with E-state index >= 15 is 0 Å². The molecule has 2 rings (SSSR count). The van der Waals surface area contributed by atoms with E-state index in [-0.39, 0.29) is 17.7 Å². The lowest BCUT2D eigenvalue weighted by Crippen LogP contribution is -2.39. The Morgan fingerprint density at radius 1 is 1.29 bits per heavy atom. The number of hydrogen-bond acceptors (Lipinski definition) is 3. The van der Waals surface area contributed by atoms with Crippen LogP contribution in [0.4, 0.5) is 5.69 Å². The van der Waals surface area contributed by atoms with E-state index in [4.69, 9.17) is 0 Å². The van der Waals surface area contributed by atoms with Crippen molar-refractivity contribution >= 4 is 11.6 Å². The lowest BCUT2D eigenvalue weighted by molar-refractivity contribution is -0.118. The topological polar surface area (TPSA) is 61.4 Å². The van der Waals surface area contributed by atoms with E-state index in [1.165, 1.54) is 6.42 Å². The van der Waals surface area contributed by atoms with E-state index in [9.17, 15) is 9.90 Å². The van der Waals surface area contributed by atoms with Crippen LogP contribution < -0.4 is 10.6 Å². The second kappa shape index (κ2) is 5.68. The van der Waals surface area contributed by atoms with E-state index in [1.54, 1.807) is 24.3 Å². The predicted molar refractivity (Wildman–Crippen MR) is 67.0 cm³/mol. The molecule has 0 radical (unpaired) electrons. The molecule has 1 atom stereocenters. The molecular formula is C13H18N2O2. The molecule has 4 nitrogen and oxygen atoms in total. The first-order valence-corrected chi connectivity index (χ1v) is 6.09. The molecule has 1 saturated heterocycles.